The number of aromatic nitrogens is 2. The highest BCUT2D eigenvalue weighted by Gasteiger charge is 2.22. The number of benzene rings is 3. The highest BCUT2D eigenvalue weighted by molar-refractivity contribution is 9.10. The first-order valence-electron chi connectivity index (χ1n) is 12.9. The van der Waals surface area contributed by atoms with Crippen LogP contribution in [0.25, 0.3) is 10.9 Å². The zero-order chi connectivity index (χ0) is 27.5. The molecule has 0 atom stereocenters. The number of nitrogens with zero attached hydrogens (tertiary/aromatic N) is 4. The van der Waals surface area contributed by atoms with Gasteiger partial charge in [0.1, 0.15) is 18.2 Å². The molecule has 1 saturated carbocycles. The number of ether oxygens (including phenoxy) is 1. The SMILES string of the molecule is CN(C)c1ccc(C=Nn2c(C3CCCCC3)nc3ccc(Br)cc3c2=O)c(OCc2ccc(Cl)cc2Cl)c1. The maximum atomic E-state index is 13.7. The molecule has 1 fully saturated rings. The van der Waals surface area contributed by atoms with Crippen LogP contribution in [0.2, 0.25) is 10.0 Å². The van der Waals surface area contributed by atoms with Crippen molar-refractivity contribution in [2.24, 2.45) is 5.10 Å². The molecule has 0 spiro atoms. The Morgan fingerprint density at radius 1 is 1.08 bits per heavy atom. The second-order valence-electron chi connectivity index (χ2n) is 9.97. The van der Waals surface area contributed by atoms with Crippen molar-refractivity contribution >= 4 is 61.9 Å². The minimum absolute atomic E-state index is 0.182. The van der Waals surface area contributed by atoms with Crippen molar-refractivity contribution < 1.29 is 4.74 Å². The van der Waals surface area contributed by atoms with Gasteiger partial charge < -0.3 is 9.64 Å². The smallest absolute Gasteiger partial charge is 0.282 e. The van der Waals surface area contributed by atoms with Crippen molar-refractivity contribution in [2.45, 2.75) is 44.6 Å². The van der Waals surface area contributed by atoms with E-state index in [1.165, 1.54) is 11.1 Å². The van der Waals surface area contributed by atoms with Crippen molar-refractivity contribution in [1.82, 2.24) is 9.66 Å². The lowest BCUT2D eigenvalue weighted by Crippen LogP contribution is -2.25. The van der Waals surface area contributed by atoms with Gasteiger partial charge in [-0.25, -0.2) is 4.98 Å². The fourth-order valence-corrected chi connectivity index (χ4v) is 5.67. The van der Waals surface area contributed by atoms with E-state index >= 15 is 0 Å². The molecule has 3 aromatic carbocycles. The summed E-state index contributed by atoms with van der Waals surface area (Å²) in [5.74, 6) is 1.53. The third-order valence-electron chi connectivity index (χ3n) is 7.03. The molecular formula is C30H29BrCl2N4O2. The van der Waals surface area contributed by atoms with Crippen LogP contribution in [0.3, 0.4) is 0 Å². The van der Waals surface area contributed by atoms with Crippen LogP contribution >= 0.6 is 39.1 Å². The number of halogens is 3. The molecule has 1 heterocycles. The maximum Gasteiger partial charge on any atom is 0.282 e. The molecule has 39 heavy (non-hydrogen) atoms. The molecule has 9 heteroatoms. The molecule has 1 aliphatic rings. The van der Waals surface area contributed by atoms with Crippen molar-refractivity contribution in [3.05, 3.63) is 96.4 Å². The fraction of sp³-hybridized carbons (Fsp3) is 0.300. The van der Waals surface area contributed by atoms with Gasteiger partial charge in [0.2, 0.25) is 0 Å². The van der Waals surface area contributed by atoms with Crippen LogP contribution in [0, 0.1) is 0 Å². The standard InChI is InChI=1S/C30H29BrCl2N4O2/c1-36(2)24-12-9-20(28(16-24)39-18-21-8-11-23(32)15-26(21)33)17-34-37-29(19-6-4-3-5-7-19)35-27-13-10-22(31)14-25(27)30(37)38/h8-17,19H,3-7,18H2,1-2H3. The quantitative estimate of drug-likeness (QED) is 0.195. The Hall–Kier alpha value is -2.87. The third kappa shape index (κ3) is 6.32. The maximum absolute atomic E-state index is 13.7. The predicted molar refractivity (Wildman–Crippen MR) is 164 cm³/mol. The van der Waals surface area contributed by atoms with Crippen molar-refractivity contribution in [1.29, 1.82) is 0 Å². The largest absolute Gasteiger partial charge is 0.488 e. The highest BCUT2D eigenvalue weighted by Crippen LogP contribution is 2.32. The summed E-state index contributed by atoms with van der Waals surface area (Å²) in [5.41, 5.74) is 3.04. The Bertz CT molecular complexity index is 1600. The second-order valence-corrected chi connectivity index (χ2v) is 11.7. The summed E-state index contributed by atoms with van der Waals surface area (Å²) in [6.07, 6.45) is 7.13. The summed E-state index contributed by atoms with van der Waals surface area (Å²) in [6.45, 7) is 0.257. The summed E-state index contributed by atoms with van der Waals surface area (Å²) >= 11 is 15.9. The summed E-state index contributed by atoms with van der Waals surface area (Å²) in [7, 11) is 3.94. The molecule has 0 N–H and O–H groups in total. The fourth-order valence-electron chi connectivity index (χ4n) is 4.85. The number of hydrogen-bond acceptors (Lipinski definition) is 5. The molecule has 0 amide bonds. The van der Waals surface area contributed by atoms with E-state index in [4.69, 9.17) is 38.0 Å². The first kappa shape index (κ1) is 27.7. The Morgan fingerprint density at radius 2 is 1.87 bits per heavy atom. The van der Waals surface area contributed by atoms with E-state index in [1.54, 1.807) is 24.4 Å². The van der Waals surface area contributed by atoms with Gasteiger partial charge >= 0.3 is 0 Å². The van der Waals surface area contributed by atoms with Crippen LogP contribution in [-0.2, 0) is 6.61 Å². The molecule has 1 aromatic heterocycles. The molecule has 6 nitrogen and oxygen atoms in total. The van der Waals surface area contributed by atoms with Crippen LogP contribution in [0.1, 0.15) is 55.0 Å². The summed E-state index contributed by atoms with van der Waals surface area (Å²) in [4.78, 5) is 20.6. The number of hydrogen-bond donors (Lipinski definition) is 0. The molecule has 1 aliphatic carbocycles. The van der Waals surface area contributed by atoms with Gasteiger partial charge in [0.15, 0.2) is 0 Å². The van der Waals surface area contributed by atoms with Gasteiger partial charge in [-0.05, 0) is 55.3 Å². The second kappa shape index (κ2) is 12.1. The Morgan fingerprint density at radius 3 is 2.62 bits per heavy atom. The first-order chi connectivity index (χ1) is 18.8. The minimum atomic E-state index is -0.182. The average Bonchev–Trinajstić information content (AvgIpc) is 2.93. The van der Waals surface area contributed by atoms with E-state index in [1.807, 2.05) is 55.4 Å². The molecule has 5 rings (SSSR count). The molecule has 0 radical (unpaired) electrons. The minimum Gasteiger partial charge on any atom is -0.488 e. The van der Waals surface area contributed by atoms with Gasteiger partial charge in [0.05, 0.1) is 17.1 Å². The molecule has 0 unspecified atom stereocenters. The van der Waals surface area contributed by atoms with Crippen LogP contribution < -0.4 is 15.2 Å². The lowest BCUT2D eigenvalue weighted by atomic mass is 9.88. The van der Waals surface area contributed by atoms with Gasteiger partial charge in [0, 0.05) is 57.4 Å². The van der Waals surface area contributed by atoms with Crippen molar-refractivity contribution in [3.63, 3.8) is 0 Å². The first-order valence-corrected chi connectivity index (χ1v) is 14.5. The predicted octanol–water partition coefficient (Wildman–Crippen LogP) is 8.04. The van der Waals surface area contributed by atoms with E-state index in [2.05, 4.69) is 15.9 Å². The molecule has 0 aliphatic heterocycles. The number of anilines is 1. The topological polar surface area (TPSA) is 59.7 Å². The highest BCUT2D eigenvalue weighted by atomic mass is 79.9. The third-order valence-corrected chi connectivity index (χ3v) is 8.11. The lowest BCUT2D eigenvalue weighted by Gasteiger charge is -2.23. The van der Waals surface area contributed by atoms with Gasteiger partial charge in [-0.1, -0.05) is 64.5 Å². The van der Waals surface area contributed by atoms with Crippen LogP contribution in [0.15, 0.2) is 69.0 Å². The van der Waals surface area contributed by atoms with E-state index in [9.17, 15) is 4.79 Å². The normalized spacial score (nSPS) is 14.3. The Kier molecular flexibility index (Phi) is 8.60. The molecule has 0 bridgehead atoms. The van der Waals surface area contributed by atoms with E-state index in [0.717, 1.165) is 47.0 Å². The van der Waals surface area contributed by atoms with E-state index in [-0.39, 0.29) is 18.1 Å². The van der Waals surface area contributed by atoms with Gasteiger partial charge in [0.25, 0.3) is 5.56 Å². The Labute approximate surface area is 246 Å². The van der Waals surface area contributed by atoms with Crippen molar-refractivity contribution in [3.8, 4) is 5.75 Å². The van der Waals surface area contributed by atoms with Gasteiger partial charge in [-0.3, -0.25) is 4.79 Å². The van der Waals surface area contributed by atoms with Crippen LogP contribution in [0.5, 0.6) is 5.75 Å². The summed E-state index contributed by atoms with van der Waals surface area (Å²) in [6, 6.07) is 16.8. The van der Waals surface area contributed by atoms with E-state index in [0.29, 0.717) is 32.5 Å². The van der Waals surface area contributed by atoms with Gasteiger partial charge in [-0.15, -0.1) is 0 Å². The lowest BCUT2D eigenvalue weighted by molar-refractivity contribution is 0.306. The Balaban J connectivity index is 1.55. The average molecular weight is 628 g/mol. The summed E-state index contributed by atoms with van der Waals surface area (Å²) in [5, 5.41) is 6.35. The zero-order valence-electron chi connectivity index (χ0n) is 21.8. The van der Waals surface area contributed by atoms with E-state index < -0.39 is 0 Å². The van der Waals surface area contributed by atoms with Crippen molar-refractivity contribution in [2.75, 3.05) is 19.0 Å². The number of fused-ring (bicyclic) bond motifs is 1. The summed E-state index contributed by atoms with van der Waals surface area (Å²) < 4.78 is 8.53. The molecule has 0 saturated heterocycles. The van der Waals surface area contributed by atoms with Gasteiger partial charge in [-0.2, -0.15) is 9.78 Å². The molecule has 4 aromatic rings. The number of rotatable bonds is 7. The molecular weight excluding hydrogens is 599 g/mol. The monoisotopic (exact) mass is 626 g/mol. The molecule has 202 valence electrons. The zero-order valence-corrected chi connectivity index (χ0v) is 24.9. The van der Waals surface area contributed by atoms with Crippen LogP contribution in [-0.4, -0.2) is 30.0 Å². The van der Waals surface area contributed by atoms with Crippen LogP contribution in [0.4, 0.5) is 5.69 Å².